The first-order valence-corrected chi connectivity index (χ1v) is 10.3. The van der Waals surface area contributed by atoms with Crippen molar-refractivity contribution in [3.63, 3.8) is 0 Å². The van der Waals surface area contributed by atoms with Gasteiger partial charge in [-0.3, -0.25) is 4.79 Å². The highest BCUT2D eigenvalue weighted by Gasteiger charge is 2.15. The van der Waals surface area contributed by atoms with Crippen LogP contribution in [0.2, 0.25) is 0 Å². The summed E-state index contributed by atoms with van der Waals surface area (Å²) in [6, 6.07) is 17.3. The van der Waals surface area contributed by atoms with Crippen molar-refractivity contribution < 1.29 is 13.9 Å². The molecule has 5 heteroatoms. The van der Waals surface area contributed by atoms with Gasteiger partial charge in [-0.1, -0.05) is 37.1 Å². The fourth-order valence-corrected chi connectivity index (χ4v) is 3.67. The van der Waals surface area contributed by atoms with Crippen LogP contribution >= 0.6 is 0 Å². The molecule has 3 aromatic carbocycles. The van der Waals surface area contributed by atoms with Gasteiger partial charge in [0.15, 0.2) is 5.58 Å². The molecule has 1 amide bonds. The topological polar surface area (TPSA) is 64.4 Å². The lowest BCUT2D eigenvalue weighted by atomic mass is 10.0. The Morgan fingerprint density at radius 2 is 1.74 bits per heavy atom. The smallest absolute Gasteiger partial charge is 0.255 e. The third-order valence-corrected chi connectivity index (χ3v) is 5.26. The summed E-state index contributed by atoms with van der Waals surface area (Å²) >= 11 is 0. The number of carbonyl (C=O) groups is 1. The van der Waals surface area contributed by atoms with Crippen molar-refractivity contribution in [1.29, 1.82) is 0 Å². The van der Waals surface area contributed by atoms with Crippen LogP contribution in [0.1, 0.15) is 46.8 Å². The van der Waals surface area contributed by atoms with Gasteiger partial charge < -0.3 is 14.5 Å². The van der Waals surface area contributed by atoms with E-state index in [1.54, 1.807) is 13.2 Å². The molecule has 1 aromatic heterocycles. The summed E-state index contributed by atoms with van der Waals surface area (Å²) in [6.07, 6.45) is 0. The monoisotopic (exact) mass is 414 g/mol. The Morgan fingerprint density at radius 1 is 1.00 bits per heavy atom. The van der Waals surface area contributed by atoms with Gasteiger partial charge in [0.05, 0.1) is 12.8 Å². The summed E-state index contributed by atoms with van der Waals surface area (Å²) in [5.41, 5.74) is 6.77. The lowest BCUT2D eigenvalue weighted by molar-refractivity contribution is 0.102. The molecule has 1 heterocycles. The van der Waals surface area contributed by atoms with Crippen molar-refractivity contribution in [2.24, 2.45) is 0 Å². The van der Waals surface area contributed by atoms with Gasteiger partial charge in [-0.15, -0.1) is 0 Å². The van der Waals surface area contributed by atoms with Crippen molar-refractivity contribution in [2.45, 2.75) is 33.6 Å². The molecule has 4 rings (SSSR count). The van der Waals surface area contributed by atoms with E-state index in [9.17, 15) is 4.79 Å². The predicted octanol–water partition coefficient (Wildman–Crippen LogP) is 6.50. The zero-order valence-electron chi connectivity index (χ0n) is 18.4. The first-order chi connectivity index (χ1) is 14.8. The van der Waals surface area contributed by atoms with Crippen LogP contribution in [0.3, 0.4) is 0 Å². The van der Waals surface area contributed by atoms with Crippen LogP contribution in [-0.4, -0.2) is 18.0 Å². The summed E-state index contributed by atoms with van der Waals surface area (Å²) in [7, 11) is 1.58. The van der Waals surface area contributed by atoms with E-state index in [2.05, 4.69) is 36.3 Å². The Labute approximate surface area is 182 Å². The van der Waals surface area contributed by atoms with E-state index in [1.807, 2.05) is 50.2 Å². The molecule has 0 atom stereocenters. The van der Waals surface area contributed by atoms with Crippen molar-refractivity contribution in [3.05, 3.63) is 76.9 Å². The molecule has 0 saturated carbocycles. The van der Waals surface area contributed by atoms with Gasteiger partial charge >= 0.3 is 0 Å². The van der Waals surface area contributed by atoms with Gasteiger partial charge in [0.1, 0.15) is 11.3 Å². The molecular weight excluding hydrogens is 388 g/mol. The zero-order valence-corrected chi connectivity index (χ0v) is 18.4. The highest BCUT2D eigenvalue weighted by atomic mass is 16.5. The van der Waals surface area contributed by atoms with Gasteiger partial charge in [-0.05, 0) is 67.8 Å². The molecule has 0 saturated heterocycles. The number of hydrogen-bond donors (Lipinski definition) is 1. The Balaban J connectivity index is 1.69. The summed E-state index contributed by atoms with van der Waals surface area (Å²) in [5, 5.41) is 2.97. The second-order valence-electron chi connectivity index (χ2n) is 8.15. The molecule has 0 unspecified atom stereocenters. The lowest BCUT2D eigenvalue weighted by Crippen LogP contribution is -2.13. The second-order valence-corrected chi connectivity index (χ2v) is 8.15. The van der Waals surface area contributed by atoms with Crippen molar-refractivity contribution in [3.8, 4) is 17.2 Å². The number of amides is 1. The number of nitrogens with zero attached hydrogens (tertiary/aromatic N) is 1. The van der Waals surface area contributed by atoms with Gasteiger partial charge in [0, 0.05) is 11.1 Å². The number of aromatic nitrogens is 1. The number of oxazole rings is 1. The van der Waals surface area contributed by atoms with Gasteiger partial charge in [-0.2, -0.15) is 0 Å². The van der Waals surface area contributed by atoms with Crippen LogP contribution in [0.5, 0.6) is 5.75 Å². The molecule has 0 aliphatic heterocycles. The summed E-state index contributed by atoms with van der Waals surface area (Å²) < 4.78 is 11.4. The number of fused-ring (bicyclic) bond motifs is 1. The minimum Gasteiger partial charge on any atom is -0.495 e. The number of carbonyl (C=O) groups excluding carboxylic acids is 1. The van der Waals surface area contributed by atoms with E-state index in [0.717, 1.165) is 27.8 Å². The van der Waals surface area contributed by atoms with Crippen LogP contribution in [0, 0.1) is 13.8 Å². The normalized spacial score (nSPS) is 11.2. The highest BCUT2D eigenvalue weighted by Crippen LogP contribution is 2.33. The number of nitrogens with one attached hydrogen (secondary N) is 1. The fourth-order valence-electron chi connectivity index (χ4n) is 3.67. The maximum Gasteiger partial charge on any atom is 0.255 e. The van der Waals surface area contributed by atoms with E-state index < -0.39 is 0 Å². The zero-order chi connectivity index (χ0) is 22.1. The first kappa shape index (κ1) is 20.7. The van der Waals surface area contributed by atoms with Crippen molar-refractivity contribution in [1.82, 2.24) is 4.98 Å². The molecule has 31 heavy (non-hydrogen) atoms. The van der Waals surface area contributed by atoms with Crippen LogP contribution in [0.15, 0.2) is 59.0 Å². The number of ether oxygens (including phenoxy) is 1. The third kappa shape index (κ3) is 4.31. The lowest BCUT2D eigenvalue weighted by Gasteiger charge is -2.12. The quantitative estimate of drug-likeness (QED) is 0.405. The largest absolute Gasteiger partial charge is 0.495 e. The number of rotatable bonds is 5. The minimum atomic E-state index is -0.193. The number of methoxy groups -OCH3 is 1. The van der Waals surface area contributed by atoms with E-state index in [-0.39, 0.29) is 5.91 Å². The molecule has 0 spiro atoms. The van der Waals surface area contributed by atoms with Gasteiger partial charge in [0.2, 0.25) is 5.89 Å². The highest BCUT2D eigenvalue weighted by molar-refractivity contribution is 6.05. The minimum absolute atomic E-state index is 0.193. The van der Waals surface area contributed by atoms with Gasteiger partial charge in [-0.25, -0.2) is 4.98 Å². The van der Waals surface area contributed by atoms with E-state index in [1.165, 1.54) is 5.56 Å². The molecule has 1 N–H and O–H groups in total. The third-order valence-electron chi connectivity index (χ3n) is 5.26. The van der Waals surface area contributed by atoms with Crippen LogP contribution in [-0.2, 0) is 0 Å². The maximum atomic E-state index is 12.9. The molecule has 0 aliphatic carbocycles. The summed E-state index contributed by atoms with van der Waals surface area (Å²) in [5.74, 6) is 1.29. The average molecular weight is 415 g/mol. The van der Waals surface area contributed by atoms with Crippen molar-refractivity contribution >= 4 is 22.7 Å². The molecule has 5 nitrogen and oxygen atoms in total. The van der Waals surface area contributed by atoms with Crippen molar-refractivity contribution in [2.75, 3.05) is 12.4 Å². The predicted molar refractivity (Wildman–Crippen MR) is 124 cm³/mol. The summed E-state index contributed by atoms with van der Waals surface area (Å²) in [4.78, 5) is 17.5. The Morgan fingerprint density at radius 3 is 2.42 bits per heavy atom. The Kier molecular flexibility index (Phi) is 5.51. The molecule has 0 bridgehead atoms. The van der Waals surface area contributed by atoms with Crippen LogP contribution in [0.25, 0.3) is 22.6 Å². The summed E-state index contributed by atoms with van der Waals surface area (Å²) in [6.45, 7) is 8.25. The Bertz CT molecular complexity index is 1250. The number of anilines is 1. The average Bonchev–Trinajstić information content (AvgIpc) is 3.16. The molecule has 158 valence electrons. The molecular formula is C26H26N2O3. The second kappa shape index (κ2) is 8.26. The van der Waals surface area contributed by atoms with Crippen LogP contribution < -0.4 is 10.1 Å². The van der Waals surface area contributed by atoms with E-state index in [4.69, 9.17) is 9.15 Å². The molecule has 0 aliphatic rings. The van der Waals surface area contributed by atoms with Gasteiger partial charge in [0.25, 0.3) is 5.91 Å². The number of hydrogen-bond acceptors (Lipinski definition) is 4. The first-order valence-electron chi connectivity index (χ1n) is 10.3. The standard InChI is InChI=1S/C26H26N2O3/c1-15(2)18-6-9-24-22(13-18)28-26(31-24)19-7-8-23(30-5)21(14-19)27-25(29)20-11-16(3)10-17(4)12-20/h6-15H,1-5H3,(H,27,29). The van der Waals surface area contributed by atoms with E-state index in [0.29, 0.717) is 28.8 Å². The van der Waals surface area contributed by atoms with E-state index >= 15 is 0 Å². The Hall–Kier alpha value is -3.60. The number of aryl methyl sites for hydroxylation is 2. The molecule has 0 radical (unpaired) electrons. The molecule has 4 aromatic rings. The molecule has 0 fully saturated rings. The number of benzene rings is 3. The van der Waals surface area contributed by atoms with Crippen LogP contribution in [0.4, 0.5) is 5.69 Å². The fraction of sp³-hybridized carbons (Fsp3) is 0.231. The SMILES string of the molecule is COc1ccc(-c2nc3cc(C(C)C)ccc3o2)cc1NC(=O)c1cc(C)cc(C)c1. The maximum absolute atomic E-state index is 12.9.